The topological polar surface area (TPSA) is 58.4 Å². The lowest BCUT2D eigenvalue weighted by atomic mass is 10.1. The normalized spacial score (nSPS) is 21.6. The summed E-state index contributed by atoms with van der Waals surface area (Å²) in [5.74, 6) is 0.269. The summed E-state index contributed by atoms with van der Waals surface area (Å²) in [7, 11) is 0. The van der Waals surface area contributed by atoms with Gasteiger partial charge in [0.15, 0.2) is 0 Å². The Morgan fingerprint density at radius 2 is 2.13 bits per heavy atom. The summed E-state index contributed by atoms with van der Waals surface area (Å²) in [6.07, 6.45) is 0. The Bertz CT molecular complexity index is 655. The second-order valence-electron chi connectivity index (χ2n) is 6.31. The Morgan fingerprint density at radius 3 is 2.83 bits per heavy atom. The molecule has 3 N–H and O–H groups in total. The molecule has 0 spiro atoms. The monoisotopic (exact) mass is 329 g/mol. The van der Waals surface area contributed by atoms with Crippen molar-refractivity contribution < 1.29 is 4.79 Å². The molecule has 3 rings (SSSR count). The van der Waals surface area contributed by atoms with E-state index in [-0.39, 0.29) is 5.91 Å². The van der Waals surface area contributed by atoms with Gasteiger partial charge >= 0.3 is 0 Å². The number of hydrogen-bond donors (Lipinski definition) is 2. The highest BCUT2D eigenvalue weighted by Crippen LogP contribution is 2.20. The largest absolute Gasteiger partial charge is 0.366 e. The first-order valence-electron chi connectivity index (χ1n) is 7.98. The van der Waals surface area contributed by atoms with Crippen molar-refractivity contribution in [3.63, 3.8) is 0 Å². The predicted octanol–water partition coefficient (Wildman–Crippen LogP) is 2.46. The summed E-state index contributed by atoms with van der Waals surface area (Å²) < 4.78 is 0. The standard InChI is InChI=1S/C18H23N3OS/c1-13-9-21(10-14-5-3-2-4-6-14)11-17(13)20-8-16-7-15(12-23-16)18(19)22/h2-7,12-13,17,20H,8-11H2,1H3,(H2,19,22)/t13-,17+/m0/s1. The van der Waals surface area contributed by atoms with Gasteiger partial charge in [-0.15, -0.1) is 11.3 Å². The van der Waals surface area contributed by atoms with Gasteiger partial charge in [-0.3, -0.25) is 9.69 Å². The van der Waals surface area contributed by atoms with E-state index in [1.54, 1.807) is 11.3 Å². The highest BCUT2D eigenvalue weighted by atomic mass is 32.1. The fourth-order valence-electron chi connectivity index (χ4n) is 3.14. The summed E-state index contributed by atoms with van der Waals surface area (Å²) in [5, 5.41) is 5.46. The third-order valence-electron chi connectivity index (χ3n) is 4.41. The molecule has 0 bridgehead atoms. The van der Waals surface area contributed by atoms with Crippen LogP contribution in [0, 0.1) is 5.92 Å². The molecule has 0 saturated carbocycles. The van der Waals surface area contributed by atoms with E-state index in [1.807, 2.05) is 11.4 Å². The lowest BCUT2D eigenvalue weighted by molar-refractivity contribution is 0.100. The number of nitrogens with two attached hydrogens (primary N) is 1. The number of nitrogens with zero attached hydrogens (tertiary/aromatic N) is 1. The molecule has 1 amide bonds. The Kier molecular flexibility index (Phi) is 5.10. The number of nitrogens with one attached hydrogen (secondary N) is 1. The Hall–Kier alpha value is -1.69. The Labute approximate surface area is 141 Å². The third-order valence-corrected chi connectivity index (χ3v) is 5.35. The SMILES string of the molecule is C[C@H]1CN(Cc2ccccc2)C[C@H]1NCc1cc(C(N)=O)cs1. The third kappa shape index (κ3) is 4.19. The molecule has 0 unspecified atom stereocenters. The van der Waals surface area contributed by atoms with E-state index < -0.39 is 0 Å². The molecule has 1 saturated heterocycles. The van der Waals surface area contributed by atoms with E-state index in [2.05, 4.69) is 47.5 Å². The van der Waals surface area contributed by atoms with Gasteiger partial charge in [0, 0.05) is 42.5 Å². The second kappa shape index (κ2) is 7.25. The maximum absolute atomic E-state index is 11.1. The van der Waals surface area contributed by atoms with Gasteiger partial charge < -0.3 is 11.1 Å². The van der Waals surface area contributed by atoms with Crippen molar-refractivity contribution in [1.29, 1.82) is 0 Å². The van der Waals surface area contributed by atoms with Gasteiger partial charge in [-0.1, -0.05) is 37.3 Å². The number of benzene rings is 1. The van der Waals surface area contributed by atoms with Crippen LogP contribution in [-0.2, 0) is 13.1 Å². The number of likely N-dealkylation sites (tertiary alicyclic amines) is 1. The highest BCUT2D eigenvalue weighted by Gasteiger charge is 2.29. The van der Waals surface area contributed by atoms with Crippen LogP contribution < -0.4 is 11.1 Å². The minimum atomic E-state index is -0.351. The number of thiophene rings is 1. The number of rotatable bonds is 6. The average Bonchev–Trinajstić information content (AvgIpc) is 3.13. The molecule has 2 heterocycles. The van der Waals surface area contributed by atoms with Crippen molar-refractivity contribution in [3.05, 3.63) is 57.8 Å². The first-order valence-corrected chi connectivity index (χ1v) is 8.86. The number of hydrogen-bond acceptors (Lipinski definition) is 4. The number of carbonyl (C=O) groups excluding carboxylic acids is 1. The molecule has 2 aromatic rings. The fourth-order valence-corrected chi connectivity index (χ4v) is 3.96. The smallest absolute Gasteiger partial charge is 0.249 e. The maximum atomic E-state index is 11.1. The molecule has 122 valence electrons. The first kappa shape index (κ1) is 16.2. The lowest BCUT2D eigenvalue weighted by Crippen LogP contribution is -2.34. The number of amides is 1. The van der Waals surface area contributed by atoms with Crippen molar-refractivity contribution in [1.82, 2.24) is 10.2 Å². The lowest BCUT2D eigenvalue weighted by Gasteiger charge is -2.17. The fraction of sp³-hybridized carbons (Fsp3) is 0.389. The quantitative estimate of drug-likeness (QED) is 0.856. The van der Waals surface area contributed by atoms with E-state index in [1.165, 1.54) is 5.56 Å². The van der Waals surface area contributed by atoms with Crippen molar-refractivity contribution in [2.45, 2.75) is 26.1 Å². The van der Waals surface area contributed by atoms with Gasteiger partial charge in [-0.25, -0.2) is 0 Å². The van der Waals surface area contributed by atoms with Gasteiger partial charge in [0.25, 0.3) is 0 Å². The second-order valence-corrected chi connectivity index (χ2v) is 7.31. The summed E-state index contributed by atoms with van der Waals surface area (Å²) in [6, 6.07) is 13.0. The van der Waals surface area contributed by atoms with Crippen LogP contribution in [0.4, 0.5) is 0 Å². The van der Waals surface area contributed by atoms with Crippen LogP contribution in [0.1, 0.15) is 27.7 Å². The molecule has 1 aliphatic heterocycles. The summed E-state index contributed by atoms with van der Waals surface area (Å²) >= 11 is 1.59. The zero-order valence-electron chi connectivity index (χ0n) is 13.4. The Balaban J connectivity index is 1.51. The van der Waals surface area contributed by atoms with Gasteiger partial charge in [-0.2, -0.15) is 0 Å². The molecule has 1 aliphatic rings. The van der Waals surface area contributed by atoms with Gasteiger partial charge in [0.2, 0.25) is 5.91 Å². The van der Waals surface area contributed by atoms with Crippen LogP contribution in [0.3, 0.4) is 0 Å². The van der Waals surface area contributed by atoms with E-state index in [9.17, 15) is 4.79 Å². The molecule has 1 aromatic carbocycles. The predicted molar refractivity (Wildman–Crippen MR) is 94.3 cm³/mol. The molecular weight excluding hydrogens is 306 g/mol. The summed E-state index contributed by atoms with van der Waals surface area (Å²) in [4.78, 5) is 14.8. The molecule has 5 heteroatoms. The van der Waals surface area contributed by atoms with E-state index in [0.717, 1.165) is 31.1 Å². The van der Waals surface area contributed by atoms with Crippen LogP contribution in [0.25, 0.3) is 0 Å². The molecular formula is C18H23N3OS. The zero-order valence-corrected chi connectivity index (χ0v) is 14.2. The molecule has 4 nitrogen and oxygen atoms in total. The van der Waals surface area contributed by atoms with Crippen LogP contribution in [0.5, 0.6) is 0 Å². The minimum Gasteiger partial charge on any atom is -0.366 e. The highest BCUT2D eigenvalue weighted by molar-refractivity contribution is 7.10. The summed E-state index contributed by atoms with van der Waals surface area (Å²) in [5.41, 5.74) is 7.27. The van der Waals surface area contributed by atoms with E-state index in [0.29, 0.717) is 17.5 Å². The first-order chi connectivity index (χ1) is 11.1. The van der Waals surface area contributed by atoms with Gasteiger partial charge in [0.05, 0.1) is 5.56 Å². The molecule has 1 fully saturated rings. The van der Waals surface area contributed by atoms with Crippen LogP contribution in [0.2, 0.25) is 0 Å². The number of primary amides is 1. The molecule has 2 atom stereocenters. The molecule has 0 radical (unpaired) electrons. The molecule has 23 heavy (non-hydrogen) atoms. The van der Waals surface area contributed by atoms with E-state index >= 15 is 0 Å². The average molecular weight is 329 g/mol. The van der Waals surface area contributed by atoms with Gasteiger partial charge in [0.1, 0.15) is 0 Å². The molecule has 0 aliphatic carbocycles. The maximum Gasteiger partial charge on any atom is 0.249 e. The van der Waals surface area contributed by atoms with Crippen molar-refractivity contribution in [2.24, 2.45) is 11.7 Å². The zero-order chi connectivity index (χ0) is 16.2. The van der Waals surface area contributed by atoms with E-state index in [4.69, 9.17) is 5.73 Å². The number of carbonyl (C=O) groups is 1. The van der Waals surface area contributed by atoms with Crippen molar-refractivity contribution >= 4 is 17.2 Å². The van der Waals surface area contributed by atoms with Crippen LogP contribution in [-0.4, -0.2) is 29.9 Å². The van der Waals surface area contributed by atoms with Crippen LogP contribution >= 0.6 is 11.3 Å². The minimum absolute atomic E-state index is 0.351. The van der Waals surface area contributed by atoms with Crippen LogP contribution in [0.15, 0.2) is 41.8 Å². The van der Waals surface area contributed by atoms with Gasteiger partial charge in [-0.05, 0) is 17.5 Å². The summed E-state index contributed by atoms with van der Waals surface area (Å²) in [6.45, 7) is 6.28. The van der Waals surface area contributed by atoms with Crippen molar-refractivity contribution in [3.8, 4) is 0 Å². The Morgan fingerprint density at radius 1 is 1.35 bits per heavy atom. The molecule has 1 aromatic heterocycles. The van der Waals surface area contributed by atoms with Crippen molar-refractivity contribution in [2.75, 3.05) is 13.1 Å².